The van der Waals surface area contributed by atoms with Crippen LogP contribution in [-0.2, 0) is 28.8 Å². The lowest BCUT2D eigenvalue weighted by molar-refractivity contribution is -0.138. The summed E-state index contributed by atoms with van der Waals surface area (Å²) in [5, 5.41) is 0. The third-order valence-corrected chi connectivity index (χ3v) is 5.00. The largest absolute Gasteiger partial charge is 0.382 e. The number of fused-ring (bicyclic) bond motifs is 1. The summed E-state index contributed by atoms with van der Waals surface area (Å²) in [6.45, 7) is 1.55. The third-order valence-electron chi connectivity index (χ3n) is 5.00. The van der Waals surface area contributed by atoms with Crippen LogP contribution in [0.3, 0.4) is 0 Å². The van der Waals surface area contributed by atoms with E-state index in [2.05, 4.69) is 28.2 Å². The molecule has 0 unspecified atom stereocenters. The van der Waals surface area contributed by atoms with Crippen molar-refractivity contribution in [2.45, 2.75) is 31.8 Å². The molecule has 2 aliphatic rings. The summed E-state index contributed by atoms with van der Waals surface area (Å²) in [4.78, 5) is 22.9. The van der Waals surface area contributed by atoms with E-state index in [0.717, 1.165) is 18.4 Å². The van der Waals surface area contributed by atoms with E-state index in [1.807, 2.05) is 4.90 Å². The Balaban J connectivity index is 1.44. The van der Waals surface area contributed by atoms with Gasteiger partial charge in [-0.15, -0.1) is 0 Å². The minimum atomic E-state index is -0.313. The average Bonchev–Trinajstić information content (AvgIpc) is 3.10. The molecule has 1 amide bonds. The van der Waals surface area contributed by atoms with Crippen molar-refractivity contribution in [3.63, 3.8) is 0 Å². The summed E-state index contributed by atoms with van der Waals surface area (Å²) >= 11 is 0. The first kappa shape index (κ1) is 16.0. The minimum absolute atomic E-state index is 0.119. The van der Waals surface area contributed by atoms with Crippen molar-refractivity contribution >= 4 is 11.7 Å². The number of nitrogen functional groups attached to an aromatic ring is 1. The number of carbonyl (C=O) groups excluding carboxylic acids is 1. The number of ether oxygens (including phenoxy) is 1. The molecular formula is C19H22N4O2. The molecule has 1 aromatic carbocycles. The van der Waals surface area contributed by atoms with Crippen molar-refractivity contribution in [2.24, 2.45) is 0 Å². The van der Waals surface area contributed by atoms with Gasteiger partial charge >= 0.3 is 0 Å². The Hall–Kier alpha value is -2.47. The summed E-state index contributed by atoms with van der Waals surface area (Å²) in [7, 11) is 0. The Morgan fingerprint density at radius 1 is 1.24 bits per heavy atom. The zero-order chi connectivity index (χ0) is 17.2. The van der Waals surface area contributed by atoms with E-state index in [9.17, 15) is 4.79 Å². The van der Waals surface area contributed by atoms with Crippen molar-refractivity contribution in [1.82, 2.24) is 14.9 Å². The van der Waals surface area contributed by atoms with Crippen molar-refractivity contribution in [1.29, 1.82) is 0 Å². The first-order chi connectivity index (χ1) is 12.2. The highest BCUT2D eigenvalue weighted by atomic mass is 16.5. The van der Waals surface area contributed by atoms with Crippen LogP contribution in [0.5, 0.6) is 0 Å². The molecule has 0 bridgehead atoms. The van der Waals surface area contributed by atoms with Crippen LogP contribution in [0.4, 0.5) is 5.82 Å². The van der Waals surface area contributed by atoms with Gasteiger partial charge in [0.1, 0.15) is 17.6 Å². The topological polar surface area (TPSA) is 81.3 Å². The molecule has 1 saturated heterocycles. The van der Waals surface area contributed by atoms with Gasteiger partial charge in [-0.1, -0.05) is 18.2 Å². The average molecular weight is 338 g/mol. The maximum Gasteiger partial charge on any atom is 0.227 e. The van der Waals surface area contributed by atoms with Crippen LogP contribution in [0, 0.1) is 0 Å². The number of aromatic nitrogens is 2. The van der Waals surface area contributed by atoms with Gasteiger partial charge in [-0.05, 0) is 36.0 Å². The number of amides is 1. The van der Waals surface area contributed by atoms with E-state index in [4.69, 9.17) is 10.5 Å². The number of aryl methyl sites for hydroxylation is 2. The molecular weight excluding hydrogens is 316 g/mol. The highest BCUT2D eigenvalue weighted by molar-refractivity contribution is 5.79. The van der Waals surface area contributed by atoms with Gasteiger partial charge in [0, 0.05) is 18.9 Å². The molecule has 0 spiro atoms. The molecule has 0 radical (unpaired) electrons. The van der Waals surface area contributed by atoms with Gasteiger partial charge in [-0.3, -0.25) is 9.78 Å². The normalized spacial score (nSPS) is 19.7. The molecule has 1 aromatic heterocycles. The number of anilines is 1. The van der Waals surface area contributed by atoms with Gasteiger partial charge in [0.25, 0.3) is 0 Å². The fourth-order valence-electron chi connectivity index (χ4n) is 3.67. The van der Waals surface area contributed by atoms with E-state index >= 15 is 0 Å². The lowest BCUT2D eigenvalue weighted by atomic mass is 10.0. The Morgan fingerprint density at radius 2 is 2.08 bits per heavy atom. The number of morpholine rings is 1. The molecule has 130 valence electrons. The van der Waals surface area contributed by atoms with Crippen LogP contribution in [0.2, 0.25) is 0 Å². The van der Waals surface area contributed by atoms with E-state index in [1.165, 1.54) is 17.5 Å². The Bertz CT molecular complexity index is 793. The molecule has 1 aliphatic carbocycles. The van der Waals surface area contributed by atoms with Crippen molar-refractivity contribution < 1.29 is 9.53 Å². The van der Waals surface area contributed by atoms with Gasteiger partial charge in [0.2, 0.25) is 5.91 Å². The Morgan fingerprint density at radius 3 is 2.96 bits per heavy atom. The summed E-state index contributed by atoms with van der Waals surface area (Å²) in [5.41, 5.74) is 10.4. The molecule has 6 heteroatoms. The monoisotopic (exact) mass is 338 g/mol. The second-order valence-corrected chi connectivity index (χ2v) is 6.66. The van der Waals surface area contributed by atoms with Crippen LogP contribution in [0.25, 0.3) is 0 Å². The van der Waals surface area contributed by atoms with E-state index in [1.54, 1.807) is 12.4 Å². The van der Waals surface area contributed by atoms with E-state index in [-0.39, 0.29) is 12.0 Å². The van der Waals surface area contributed by atoms with Gasteiger partial charge in [-0.2, -0.15) is 0 Å². The predicted octanol–water partition coefficient (Wildman–Crippen LogP) is 1.69. The first-order valence-corrected chi connectivity index (χ1v) is 8.77. The Kier molecular flexibility index (Phi) is 4.36. The highest BCUT2D eigenvalue weighted by Gasteiger charge is 2.28. The van der Waals surface area contributed by atoms with E-state index < -0.39 is 0 Å². The van der Waals surface area contributed by atoms with Crippen LogP contribution >= 0.6 is 0 Å². The van der Waals surface area contributed by atoms with Crippen LogP contribution < -0.4 is 5.73 Å². The number of nitrogens with two attached hydrogens (primary N) is 1. The van der Waals surface area contributed by atoms with Gasteiger partial charge in [0.05, 0.1) is 19.6 Å². The van der Waals surface area contributed by atoms with Crippen molar-refractivity contribution in [3.8, 4) is 0 Å². The summed E-state index contributed by atoms with van der Waals surface area (Å²) in [5.74, 6) is 0.481. The molecule has 6 nitrogen and oxygen atoms in total. The molecule has 4 rings (SSSR count). The van der Waals surface area contributed by atoms with Crippen LogP contribution in [-0.4, -0.2) is 40.5 Å². The van der Waals surface area contributed by atoms with Gasteiger partial charge < -0.3 is 15.4 Å². The smallest absolute Gasteiger partial charge is 0.227 e. The number of rotatable bonds is 3. The second kappa shape index (κ2) is 6.80. The van der Waals surface area contributed by atoms with Gasteiger partial charge in [0.15, 0.2) is 0 Å². The molecule has 2 heterocycles. The lowest BCUT2D eigenvalue weighted by Gasteiger charge is -2.33. The summed E-state index contributed by atoms with van der Waals surface area (Å²) in [6, 6.07) is 6.45. The molecule has 2 aromatic rings. The number of carbonyl (C=O) groups is 1. The molecule has 1 fully saturated rings. The van der Waals surface area contributed by atoms with E-state index in [0.29, 0.717) is 37.6 Å². The number of benzene rings is 1. The van der Waals surface area contributed by atoms with Gasteiger partial charge in [-0.25, -0.2) is 4.98 Å². The van der Waals surface area contributed by atoms with Crippen molar-refractivity contribution in [2.75, 3.05) is 25.4 Å². The minimum Gasteiger partial charge on any atom is -0.382 e. The fourth-order valence-corrected chi connectivity index (χ4v) is 3.67. The quantitative estimate of drug-likeness (QED) is 0.921. The summed E-state index contributed by atoms with van der Waals surface area (Å²) in [6.07, 6.45) is 6.77. The molecule has 2 N–H and O–H groups in total. The molecule has 1 aliphatic heterocycles. The van der Waals surface area contributed by atoms with Crippen molar-refractivity contribution in [3.05, 3.63) is 53.0 Å². The molecule has 0 saturated carbocycles. The predicted molar refractivity (Wildman–Crippen MR) is 93.9 cm³/mol. The number of nitrogens with zero attached hydrogens (tertiary/aromatic N) is 3. The zero-order valence-electron chi connectivity index (χ0n) is 14.1. The SMILES string of the molecule is Nc1nccnc1[C@@H]1CN(C(=O)Cc2ccc3c(c2)CCC3)CCO1. The standard InChI is InChI=1S/C19H22N4O2/c20-19-18(21-6-7-22-19)16-12-23(8-9-25-16)17(24)11-13-4-5-14-2-1-3-15(14)10-13/h4-7,10,16H,1-3,8-9,11-12H2,(H2,20,22)/t16-/m0/s1. The van der Waals surface area contributed by atoms with Crippen LogP contribution in [0.1, 0.15) is 34.9 Å². The number of hydrogen-bond acceptors (Lipinski definition) is 5. The molecule has 25 heavy (non-hydrogen) atoms. The zero-order valence-corrected chi connectivity index (χ0v) is 14.1. The third kappa shape index (κ3) is 3.35. The fraction of sp³-hybridized carbons (Fsp3) is 0.421. The maximum absolute atomic E-state index is 12.7. The second-order valence-electron chi connectivity index (χ2n) is 6.66. The maximum atomic E-state index is 12.7. The highest BCUT2D eigenvalue weighted by Crippen LogP contribution is 2.25. The molecule has 1 atom stereocenters. The van der Waals surface area contributed by atoms with Crippen LogP contribution in [0.15, 0.2) is 30.6 Å². The first-order valence-electron chi connectivity index (χ1n) is 8.77. The summed E-state index contributed by atoms with van der Waals surface area (Å²) < 4.78 is 5.76. The Labute approximate surface area is 147 Å². The lowest BCUT2D eigenvalue weighted by Crippen LogP contribution is -2.43. The number of hydrogen-bond donors (Lipinski definition) is 1.